The molecule has 25 heavy (non-hydrogen) atoms. The van der Waals surface area contributed by atoms with Gasteiger partial charge in [0, 0.05) is 12.5 Å². The summed E-state index contributed by atoms with van der Waals surface area (Å²) < 4.78 is 6.85. The first-order chi connectivity index (χ1) is 12.2. The van der Waals surface area contributed by atoms with Gasteiger partial charge in [0.15, 0.2) is 5.82 Å². The summed E-state index contributed by atoms with van der Waals surface area (Å²) in [6.07, 6.45) is 0. The highest BCUT2D eigenvalue weighted by Crippen LogP contribution is 2.35. The number of nitrogens with zero attached hydrogens (tertiary/aromatic N) is 2. The van der Waals surface area contributed by atoms with Crippen LogP contribution in [0.2, 0.25) is 0 Å². The average Bonchev–Trinajstić information content (AvgIpc) is 3.07. The molecule has 0 amide bonds. The van der Waals surface area contributed by atoms with Gasteiger partial charge in [0.1, 0.15) is 6.61 Å². The van der Waals surface area contributed by atoms with Crippen LogP contribution in [0.4, 0.5) is 0 Å². The Morgan fingerprint density at radius 1 is 1.08 bits per heavy atom. The standard InChI is InChI=1S/C20H16N2O3/c1-13(23)22-18(15-10-6-3-7-11-15)21-19-17(20(22)24)16(12-25-19)14-8-4-2-5-9-14/h2-11,16H,12H2,1H3/t16-/m1/s1. The molecule has 2 heterocycles. The van der Waals surface area contributed by atoms with Crippen molar-refractivity contribution in [3.63, 3.8) is 0 Å². The Hall–Kier alpha value is -3.21. The molecule has 124 valence electrons. The Kier molecular flexibility index (Phi) is 3.69. The van der Waals surface area contributed by atoms with Crippen molar-refractivity contribution in [1.29, 1.82) is 0 Å². The van der Waals surface area contributed by atoms with Crippen molar-refractivity contribution in [1.82, 2.24) is 9.55 Å². The van der Waals surface area contributed by atoms with E-state index < -0.39 is 0 Å². The maximum absolute atomic E-state index is 13.1. The molecule has 3 aromatic rings. The Bertz CT molecular complexity index is 995. The molecule has 2 aromatic carbocycles. The molecule has 1 aromatic heterocycles. The number of aromatic nitrogens is 2. The summed E-state index contributed by atoms with van der Waals surface area (Å²) in [5.41, 5.74) is 1.76. The van der Waals surface area contributed by atoms with Gasteiger partial charge in [0.25, 0.3) is 5.56 Å². The maximum atomic E-state index is 13.1. The Labute approximate surface area is 144 Å². The number of carbonyl (C=O) groups is 1. The summed E-state index contributed by atoms with van der Waals surface area (Å²) in [5, 5.41) is 0. The monoisotopic (exact) mass is 332 g/mol. The number of carbonyl (C=O) groups excluding carboxylic acids is 1. The molecule has 0 unspecified atom stereocenters. The minimum atomic E-state index is -0.363. The third-order valence-electron chi connectivity index (χ3n) is 4.37. The van der Waals surface area contributed by atoms with E-state index in [9.17, 15) is 9.59 Å². The predicted octanol–water partition coefficient (Wildman–Crippen LogP) is 3.09. The lowest BCUT2D eigenvalue weighted by atomic mass is 9.95. The number of rotatable bonds is 2. The summed E-state index contributed by atoms with van der Waals surface area (Å²) in [7, 11) is 0. The number of hydrogen-bond donors (Lipinski definition) is 0. The van der Waals surface area contributed by atoms with E-state index in [1.54, 1.807) is 0 Å². The molecule has 4 rings (SSSR count). The first-order valence-corrected chi connectivity index (χ1v) is 8.08. The normalized spacial score (nSPS) is 15.5. The quantitative estimate of drug-likeness (QED) is 0.723. The van der Waals surface area contributed by atoms with Gasteiger partial charge in [-0.15, -0.1) is 0 Å². The third-order valence-corrected chi connectivity index (χ3v) is 4.37. The molecule has 1 aliphatic heterocycles. The predicted molar refractivity (Wildman–Crippen MR) is 94.0 cm³/mol. The van der Waals surface area contributed by atoms with Crippen molar-refractivity contribution in [2.24, 2.45) is 0 Å². The summed E-state index contributed by atoms with van der Waals surface area (Å²) in [6.45, 7) is 1.72. The van der Waals surface area contributed by atoms with E-state index in [1.807, 2.05) is 60.7 Å². The highest BCUT2D eigenvalue weighted by Gasteiger charge is 2.33. The van der Waals surface area contributed by atoms with Gasteiger partial charge < -0.3 is 4.74 Å². The summed E-state index contributed by atoms with van der Waals surface area (Å²) in [4.78, 5) is 29.8. The fourth-order valence-electron chi connectivity index (χ4n) is 3.19. The van der Waals surface area contributed by atoms with Gasteiger partial charge in [-0.05, 0) is 5.56 Å². The van der Waals surface area contributed by atoms with E-state index >= 15 is 0 Å². The molecule has 5 heteroatoms. The first-order valence-electron chi connectivity index (χ1n) is 8.08. The van der Waals surface area contributed by atoms with Crippen LogP contribution in [0, 0.1) is 0 Å². The van der Waals surface area contributed by atoms with E-state index in [0.29, 0.717) is 29.4 Å². The Morgan fingerprint density at radius 3 is 2.36 bits per heavy atom. The topological polar surface area (TPSA) is 61.2 Å². The van der Waals surface area contributed by atoms with Crippen LogP contribution in [-0.2, 0) is 0 Å². The van der Waals surface area contributed by atoms with Gasteiger partial charge in [0.05, 0.1) is 11.5 Å². The van der Waals surface area contributed by atoms with Crippen molar-refractivity contribution in [2.75, 3.05) is 6.61 Å². The largest absolute Gasteiger partial charge is 0.476 e. The van der Waals surface area contributed by atoms with Crippen LogP contribution in [0.1, 0.15) is 28.8 Å². The van der Waals surface area contributed by atoms with Crippen molar-refractivity contribution < 1.29 is 9.53 Å². The number of hydrogen-bond acceptors (Lipinski definition) is 4. The summed E-state index contributed by atoms with van der Waals surface area (Å²) >= 11 is 0. The minimum Gasteiger partial charge on any atom is -0.476 e. The zero-order chi connectivity index (χ0) is 17.4. The number of fused-ring (bicyclic) bond motifs is 1. The Morgan fingerprint density at radius 2 is 1.72 bits per heavy atom. The van der Waals surface area contributed by atoms with Gasteiger partial charge in [0.2, 0.25) is 11.8 Å². The molecule has 0 aliphatic carbocycles. The van der Waals surface area contributed by atoms with Crippen LogP contribution in [0.3, 0.4) is 0 Å². The van der Waals surface area contributed by atoms with Crippen LogP contribution in [0.5, 0.6) is 5.88 Å². The van der Waals surface area contributed by atoms with E-state index in [-0.39, 0.29) is 17.4 Å². The van der Waals surface area contributed by atoms with Crippen molar-refractivity contribution in [2.45, 2.75) is 12.8 Å². The molecule has 0 fully saturated rings. The molecular weight excluding hydrogens is 316 g/mol. The fourth-order valence-corrected chi connectivity index (χ4v) is 3.19. The molecule has 0 radical (unpaired) electrons. The molecule has 0 N–H and O–H groups in total. The zero-order valence-corrected chi connectivity index (χ0v) is 13.7. The van der Waals surface area contributed by atoms with Gasteiger partial charge >= 0.3 is 0 Å². The van der Waals surface area contributed by atoms with Crippen LogP contribution < -0.4 is 10.3 Å². The van der Waals surface area contributed by atoms with Gasteiger partial charge in [-0.2, -0.15) is 4.98 Å². The van der Waals surface area contributed by atoms with E-state index in [2.05, 4.69) is 4.98 Å². The summed E-state index contributed by atoms with van der Waals surface area (Å²) in [6, 6.07) is 18.8. The lowest BCUT2D eigenvalue weighted by Gasteiger charge is -2.13. The second-order valence-corrected chi connectivity index (χ2v) is 5.95. The molecule has 0 spiro atoms. The van der Waals surface area contributed by atoms with E-state index in [0.717, 1.165) is 10.1 Å². The second-order valence-electron chi connectivity index (χ2n) is 5.95. The van der Waals surface area contributed by atoms with Crippen molar-refractivity contribution in [3.05, 3.63) is 82.1 Å². The van der Waals surface area contributed by atoms with Crippen molar-refractivity contribution >= 4 is 5.91 Å². The van der Waals surface area contributed by atoms with Crippen LogP contribution in [0.25, 0.3) is 11.4 Å². The molecule has 1 aliphatic rings. The lowest BCUT2D eigenvalue weighted by molar-refractivity contribution is 0.0933. The average molecular weight is 332 g/mol. The molecule has 1 atom stereocenters. The molecule has 0 saturated heterocycles. The Balaban J connectivity index is 1.95. The van der Waals surface area contributed by atoms with Crippen LogP contribution >= 0.6 is 0 Å². The van der Waals surface area contributed by atoms with Crippen molar-refractivity contribution in [3.8, 4) is 17.3 Å². The summed E-state index contributed by atoms with van der Waals surface area (Å²) in [5.74, 6) is 0.0465. The number of benzene rings is 2. The molecular formula is C20H16N2O3. The van der Waals surface area contributed by atoms with Crippen LogP contribution in [0.15, 0.2) is 65.5 Å². The smallest absolute Gasteiger partial charge is 0.268 e. The van der Waals surface area contributed by atoms with Gasteiger partial charge in [-0.25, -0.2) is 4.57 Å². The lowest BCUT2D eigenvalue weighted by Crippen LogP contribution is -2.30. The van der Waals surface area contributed by atoms with Gasteiger partial charge in [-0.3, -0.25) is 9.59 Å². The van der Waals surface area contributed by atoms with E-state index in [4.69, 9.17) is 4.74 Å². The SMILES string of the molecule is CC(=O)n1c(-c2ccccc2)nc2c(c1=O)[C@@H](c1ccccc1)CO2. The molecule has 0 saturated carbocycles. The van der Waals surface area contributed by atoms with E-state index in [1.165, 1.54) is 6.92 Å². The maximum Gasteiger partial charge on any atom is 0.268 e. The zero-order valence-electron chi connectivity index (χ0n) is 13.7. The second kappa shape index (κ2) is 6.02. The highest BCUT2D eigenvalue weighted by molar-refractivity contribution is 5.81. The molecule has 0 bridgehead atoms. The van der Waals surface area contributed by atoms with Crippen LogP contribution in [-0.4, -0.2) is 22.1 Å². The highest BCUT2D eigenvalue weighted by atomic mass is 16.5. The fraction of sp³-hybridized carbons (Fsp3) is 0.150. The van der Waals surface area contributed by atoms with Gasteiger partial charge in [-0.1, -0.05) is 60.7 Å². The first kappa shape index (κ1) is 15.3. The number of ether oxygens (including phenoxy) is 1. The minimum absolute atomic E-state index is 0.216. The third kappa shape index (κ3) is 2.54. The molecule has 5 nitrogen and oxygen atoms in total.